The van der Waals surface area contributed by atoms with E-state index in [-0.39, 0.29) is 25.0 Å². The van der Waals surface area contributed by atoms with Gasteiger partial charge in [0, 0.05) is 55.4 Å². The molecule has 2 saturated heterocycles. The highest BCUT2D eigenvalue weighted by atomic mass is 35.5. The number of likely N-dealkylation sites (tertiary alicyclic amines) is 1. The number of rotatable bonds is 6. The number of aromatic nitrogens is 1. The van der Waals surface area contributed by atoms with Gasteiger partial charge in [-0.3, -0.25) is 0 Å². The summed E-state index contributed by atoms with van der Waals surface area (Å²) in [5.41, 5.74) is 2.14. The Morgan fingerprint density at radius 2 is 2.07 bits per heavy atom. The van der Waals surface area contributed by atoms with Crippen molar-refractivity contribution in [3.8, 4) is 5.75 Å². The SMILES string of the molecule is Cc1cc2c(OCC(O)CN3CCC(N4CCNC4=O)CC3)cccc2[nH]1.Cl. The Balaban J connectivity index is 0.00000225. The van der Waals surface area contributed by atoms with Crippen LogP contribution in [-0.4, -0.2) is 77.4 Å². The number of aromatic amines is 1. The average molecular weight is 409 g/mol. The second kappa shape index (κ2) is 9.03. The number of piperidine rings is 1. The van der Waals surface area contributed by atoms with E-state index >= 15 is 0 Å². The molecular formula is C20H29ClN4O3. The third kappa shape index (κ3) is 4.54. The quantitative estimate of drug-likeness (QED) is 0.684. The molecule has 1 aromatic heterocycles. The average Bonchev–Trinajstić information content (AvgIpc) is 3.25. The van der Waals surface area contributed by atoms with E-state index in [0.717, 1.165) is 61.4 Å². The van der Waals surface area contributed by atoms with E-state index < -0.39 is 6.10 Å². The Kier molecular flexibility index (Phi) is 6.69. The molecule has 3 heterocycles. The normalized spacial score (nSPS) is 19.5. The molecule has 1 unspecified atom stereocenters. The lowest BCUT2D eigenvalue weighted by Crippen LogP contribution is -2.48. The van der Waals surface area contributed by atoms with Crippen LogP contribution in [0, 0.1) is 6.92 Å². The zero-order valence-corrected chi connectivity index (χ0v) is 17.0. The molecule has 4 rings (SSSR count). The van der Waals surface area contributed by atoms with Crippen molar-refractivity contribution in [3.63, 3.8) is 0 Å². The van der Waals surface area contributed by atoms with Gasteiger partial charge >= 0.3 is 6.03 Å². The molecule has 1 aromatic carbocycles. The number of amides is 2. The first-order valence-electron chi connectivity index (χ1n) is 9.76. The Morgan fingerprint density at radius 1 is 1.29 bits per heavy atom. The summed E-state index contributed by atoms with van der Waals surface area (Å²) in [6, 6.07) is 8.38. The van der Waals surface area contributed by atoms with Crippen LogP contribution in [-0.2, 0) is 0 Å². The molecule has 2 aliphatic heterocycles. The fraction of sp³-hybridized carbons (Fsp3) is 0.550. The van der Waals surface area contributed by atoms with E-state index in [1.807, 2.05) is 30.0 Å². The van der Waals surface area contributed by atoms with E-state index in [0.29, 0.717) is 12.6 Å². The standard InChI is InChI=1S/C20H28N4O3.ClH/c1-14-11-17-18(22-14)3-2-4-19(17)27-13-16(25)12-23-8-5-15(6-9-23)24-10-7-21-20(24)26;/h2-4,11,15-16,22,25H,5-10,12-13H2,1H3,(H,21,26);1H. The number of aliphatic hydroxyl groups is 1. The first-order valence-corrected chi connectivity index (χ1v) is 9.76. The Labute approximate surface area is 171 Å². The van der Waals surface area contributed by atoms with Crippen molar-refractivity contribution >= 4 is 29.3 Å². The maximum atomic E-state index is 11.8. The van der Waals surface area contributed by atoms with Crippen LogP contribution in [0.15, 0.2) is 24.3 Å². The number of β-amino-alcohol motifs (C(OH)–C–C–N with tert-alkyl or cyclic N) is 1. The highest BCUT2D eigenvalue weighted by Gasteiger charge is 2.31. The number of fused-ring (bicyclic) bond motifs is 1. The number of benzene rings is 1. The first-order chi connectivity index (χ1) is 13.1. The summed E-state index contributed by atoms with van der Waals surface area (Å²) >= 11 is 0. The summed E-state index contributed by atoms with van der Waals surface area (Å²) in [5, 5.41) is 14.3. The molecule has 2 aliphatic rings. The van der Waals surface area contributed by atoms with E-state index in [1.165, 1.54) is 0 Å². The van der Waals surface area contributed by atoms with Gasteiger partial charge in [0.15, 0.2) is 0 Å². The molecule has 0 aliphatic carbocycles. The fourth-order valence-corrected chi connectivity index (χ4v) is 4.18. The predicted molar refractivity (Wildman–Crippen MR) is 111 cm³/mol. The third-order valence-electron chi connectivity index (χ3n) is 5.55. The molecule has 3 N–H and O–H groups in total. The van der Waals surface area contributed by atoms with Gasteiger partial charge in [-0.25, -0.2) is 4.79 Å². The smallest absolute Gasteiger partial charge is 0.317 e. The number of nitrogens with one attached hydrogen (secondary N) is 2. The van der Waals surface area contributed by atoms with E-state index in [1.54, 1.807) is 0 Å². The minimum absolute atomic E-state index is 0. The summed E-state index contributed by atoms with van der Waals surface area (Å²) in [6.07, 6.45) is 1.39. The minimum Gasteiger partial charge on any atom is -0.490 e. The number of ether oxygens (including phenoxy) is 1. The lowest BCUT2D eigenvalue weighted by atomic mass is 10.0. The van der Waals surface area contributed by atoms with E-state index in [9.17, 15) is 9.90 Å². The number of nitrogens with zero attached hydrogens (tertiary/aromatic N) is 2. The molecule has 154 valence electrons. The zero-order valence-electron chi connectivity index (χ0n) is 16.2. The van der Waals surface area contributed by atoms with Crippen molar-refractivity contribution in [2.75, 3.05) is 39.3 Å². The zero-order chi connectivity index (χ0) is 18.8. The monoisotopic (exact) mass is 408 g/mol. The molecule has 28 heavy (non-hydrogen) atoms. The summed E-state index contributed by atoms with van der Waals surface area (Å²) in [7, 11) is 0. The number of hydrogen-bond donors (Lipinski definition) is 3. The van der Waals surface area contributed by atoms with Crippen LogP contribution in [0.4, 0.5) is 4.79 Å². The molecule has 0 bridgehead atoms. The van der Waals surface area contributed by atoms with Crippen molar-refractivity contribution in [1.82, 2.24) is 20.1 Å². The minimum atomic E-state index is -0.535. The van der Waals surface area contributed by atoms with Crippen LogP contribution in [0.1, 0.15) is 18.5 Å². The predicted octanol–water partition coefficient (Wildman–Crippen LogP) is 2.13. The van der Waals surface area contributed by atoms with Gasteiger partial charge in [-0.2, -0.15) is 0 Å². The van der Waals surface area contributed by atoms with Gasteiger partial charge < -0.3 is 29.9 Å². The van der Waals surface area contributed by atoms with Gasteiger partial charge in [0.2, 0.25) is 0 Å². The maximum absolute atomic E-state index is 11.8. The van der Waals surface area contributed by atoms with Gasteiger partial charge in [0.05, 0.1) is 0 Å². The third-order valence-corrected chi connectivity index (χ3v) is 5.55. The van der Waals surface area contributed by atoms with Crippen LogP contribution in [0.2, 0.25) is 0 Å². The Bertz CT molecular complexity index is 804. The van der Waals surface area contributed by atoms with Crippen molar-refractivity contribution in [1.29, 1.82) is 0 Å². The second-order valence-corrected chi connectivity index (χ2v) is 7.59. The highest BCUT2D eigenvalue weighted by molar-refractivity contribution is 5.86. The largest absolute Gasteiger partial charge is 0.490 e. The van der Waals surface area contributed by atoms with Gasteiger partial charge in [0.25, 0.3) is 0 Å². The summed E-state index contributed by atoms with van der Waals surface area (Å²) < 4.78 is 5.89. The number of aliphatic hydroxyl groups excluding tert-OH is 1. The lowest BCUT2D eigenvalue weighted by molar-refractivity contribution is 0.0512. The van der Waals surface area contributed by atoms with Crippen LogP contribution < -0.4 is 10.1 Å². The highest BCUT2D eigenvalue weighted by Crippen LogP contribution is 2.26. The molecule has 0 radical (unpaired) electrons. The summed E-state index contributed by atoms with van der Waals surface area (Å²) in [4.78, 5) is 19.3. The van der Waals surface area contributed by atoms with Crippen molar-refractivity contribution in [2.24, 2.45) is 0 Å². The number of carbonyl (C=O) groups is 1. The molecule has 0 saturated carbocycles. The number of aryl methyl sites for hydroxylation is 1. The number of hydrogen-bond acceptors (Lipinski definition) is 4. The van der Waals surface area contributed by atoms with Crippen LogP contribution in [0.5, 0.6) is 5.75 Å². The molecule has 0 spiro atoms. The molecule has 7 nitrogen and oxygen atoms in total. The summed E-state index contributed by atoms with van der Waals surface area (Å²) in [6.45, 7) is 6.26. The maximum Gasteiger partial charge on any atom is 0.317 e. The molecule has 1 atom stereocenters. The van der Waals surface area contributed by atoms with Gasteiger partial charge in [0.1, 0.15) is 18.5 Å². The fourth-order valence-electron chi connectivity index (χ4n) is 4.18. The second-order valence-electron chi connectivity index (χ2n) is 7.59. The van der Waals surface area contributed by atoms with Crippen molar-refractivity contribution < 1.29 is 14.6 Å². The number of halogens is 1. The van der Waals surface area contributed by atoms with Crippen LogP contribution >= 0.6 is 12.4 Å². The number of H-pyrrole nitrogens is 1. The van der Waals surface area contributed by atoms with Gasteiger partial charge in [-0.05, 0) is 38.0 Å². The van der Waals surface area contributed by atoms with Gasteiger partial charge in [-0.1, -0.05) is 6.07 Å². The Hall–Kier alpha value is -1.96. The molecule has 8 heteroatoms. The number of urea groups is 1. The van der Waals surface area contributed by atoms with Crippen LogP contribution in [0.25, 0.3) is 10.9 Å². The molecule has 2 fully saturated rings. The molecular weight excluding hydrogens is 380 g/mol. The van der Waals surface area contributed by atoms with E-state index in [2.05, 4.69) is 21.3 Å². The van der Waals surface area contributed by atoms with Crippen molar-refractivity contribution in [3.05, 3.63) is 30.0 Å². The van der Waals surface area contributed by atoms with Crippen molar-refractivity contribution in [2.45, 2.75) is 31.9 Å². The molecule has 2 aromatic rings. The first kappa shape index (κ1) is 20.8. The topological polar surface area (TPSA) is 80.8 Å². The number of carbonyl (C=O) groups excluding carboxylic acids is 1. The van der Waals surface area contributed by atoms with Crippen LogP contribution in [0.3, 0.4) is 0 Å². The van der Waals surface area contributed by atoms with Gasteiger partial charge in [-0.15, -0.1) is 12.4 Å². The summed E-state index contributed by atoms with van der Waals surface area (Å²) in [5.74, 6) is 0.801. The Morgan fingerprint density at radius 3 is 2.79 bits per heavy atom. The van der Waals surface area contributed by atoms with E-state index in [4.69, 9.17) is 4.74 Å². The lowest BCUT2D eigenvalue weighted by Gasteiger charge is -2.36. The molecule has 2 amide bonds.